The molecule has 4 nitrogen and oxygen atoms in total. The third kappa shape index (κ3) is 4.91. The van der Waals surface area contributed by atoms with Crippen molar-refractivity contribution < 1.29 is 0 Å². The topological polar surface area (TPSA) is 63.0 Å². The first-order valence-electron chi connectivity index (χ1n) is 9.63. The maximum Gasteiger partial charge on any atom is 0.0732 e. The van der Waals surface area contributed by atoms with Crippen LogP contribution in [0, 0.1) is 0 Å². The Morgan fingerprint density at radius 1 is 0.793 bits per heavy atom. The Labute approximate surface area is 181 Å². The molecular formula is C23H24Cl2N4. The van der Waals surface area contributed by atoms with Crippen molar-refractivity contribution in [1.29, 1.82) is 0 Å². The van der Waals surface area contributed by atoms with Gasteiger partial charge in [0.15, 0.2) is 0 Å². The zero-order chi connectivity index (χ0) is 20.8. The molecule has 1 aromatic heterocycles. The molecule has 0 amide bonds. The van der Waals surface area contributed by atoms with Gasteiger partial charge in [0, 0.05) is 45.3 Å². The van der Waals surface area contributed by atoms with E-state index < -0.39 is 0 Å². The van der Waals surface area contributed by atoms with E-state index in [0.29, 0.717) is 23.1 Å². The molecule has 0 fully saturated rings. The van der Waals surface area contributed by atoms with Gasteiger partial charge in [-0.3, -0.25) is 0 Å². The lowest BCUT2D eigenvalue weighted by Gasteiger charge is -2.14. The van der Waals surface area contributed by atoms with Gasteiger partial charge < -0.3 is 16.4 Å². The minimum atomic E-state index is 0.536. The Hall–Kier alpha value is -2.53. The molecule has 0 bridgehead atoms. The van der Waals surface area contributed by atoms with Crippen molar-refractivity contribution in [3.63, 3.8) is 0 Å². The lowest BCUT2D eigenvalue weighted by molar-refractivity contribution is 1.03. The fourth-order valence-electron chi connectivity index (χ4n) is 3.08. The number of anilines is 3. The fraction of sp³-hybridized carbons (Fsp3) is 0.174. The van der Waals surface area contributed by atoms with Gasteiger partial charge >= 0.3 is 0 Å². The Morgan fingerprint density at radius 2 is 1.38 bits per heavy atom. The largest absolute Gasteiger partial charge is 0.383 e. The number of pyridine rings is 1. The Kier molecular flexibility index (Phi) is 7.15. The van der Waals surface area contributed by atoms with Crippen molar-refractivity contribution in [3.05, 3.63) is 70.7 Å². The normalized spacial score (nSPS) is 10.5. The molecule has 1 heterocycles. The Morgan fingerprint density at radius 3 is 2.07 bits per heavy atom. The summed E-state index contributed by atoms with van der Waals surface area (Å²) in [6.45, 7) is 5.20. The van der Waals surface area contributed by atoms with Crippen molar-refractivity contribution >= 4 is 62.1 Å². The van der Waals surface area contributed by atoms with Crippen LogP contribution in [-0.2, 0) is 0 Å². The zero-order valence-corrected chi connectivity index (χ0v) is 18.0. The smallest absolute Gasteiger partial charge is 0.0732 e. The van der Waals surface area contributed by atoms with E-state index in [-0.39, 0.29) is 0 Å². The summed E-state index contributed by atoms with van der Waals surface area (Å²) in [4.78, 5) is 4.77. The van der Waals surface area contributed by atoms with Gasteiger partial charge in [-0.25, -0.2) is 4.98 Å². The summed E-state index contributed by atoms with van der Waals surface area (Å²) in [5.74, 6) is 0. The predicted molar refractivity (Wildman–Crippen MR) is 128 cm³/mol. The molecule has 0 aliphatic heterocycles. The fourth-order valence-corrected chi connectivity index (χ4v) is 3.38. The molecular weight excluding hydrogens is 403 g/mol. The van der Waals surface area contributed by atoms with E-state index in [1.807, 2.05) is 68.4 Å². The van der Waals surface area contributed by atoms with Crippen LogP contribution in [0.3, 0.4) is 0 Å². The van der Waals surface area contributed by atoms with Crippen molar-refractivity contribution in [2.45, 2.75) is 13.8 Å². The number of nitrogens with one attached hydrogen (secondary N) is 2. The van der Waals surface area contributed by atoms with E-state index in [1.54, 1.807) is 0 Å². The van der Waals surface area contributed by atoms with Gasteiger partial charge in [0.1, 0.15) is 0 Å². The summed E-state index contributed by atoms with van der Waals surface area (Å²) in [5, 5.41) is 10.2. The molecule has 0 unspecified atom stereocenters. The predicted octanol–water partition coefficient (Wildman–Crippen LogP) is 6.84. The van der Waals surface area contributed by atoms with Gasteiger partial charge in [0.2, 0.25) is 0 Å². The second-order valence-corrected chi connectivity index (χ2v) is 7.10. The summed E-state index contributed by atoms with van der Waals surface area (Å²) in [7, 11) is 0. The number of hydrogen-bond acceptors (Lipinski definition) is 4. The molecule has 4 aromatic rings. The summed E-state index contributed by atoms with van der Waals surface area (Å²) >= 11 is 12.2. The van der Waals surface area contributed by atoms with Crippen LogP contribution in [0.4, 0.5) is 17.1 Å². The van der Waals surface area contributed by atoms with E-state index in [1.165, 1.54) is 0 Å². The highest BCUT2D eigenvalue weighted by molar-refractivity contribution is 6.31. The van der Waals surface area contributed by atoms with Crippen molar-refractivity contribution in [3.8, 4) is 0 Å². The van der Waals surface area contributed by atoms with Crippen LogP contribution in [0.25, 0.3) is 21.8 Å². The second kappa shape index (κ2) is 9.79. The maximum atomic E-state index is 6.22. The third-order valence-electron chi connectivity index (χ3n) is 4.31. The minimum Gasteiger partial charge on any atom is -0.383 e. The molecule has 0 atom stereocenters. The number of benzene rings is 3. The van der Waals surface area contributed by atoms with E-state index in [9.17, 15) is 0 Å². The molecule has 29 heavy (non-hydrogen) atoms. The maximum absolute atomic E-state index is 6.22. The average molecular weight is 427 g/mol. The van der Waals surface area contributed by atoms with E-state index >= 15 is 0 Å². The van der Waals surface area contributed by atoms with Crippen LogP contribution in [0.2, 0.25) is 10.0 Å². The van der Waals surface area contributed by atoms with Crippen molar-refractivity contribution in [2.75, 3.05) is 23.7 Å². The number of nitrogens with two attached hydrogens (primary N) is 1. The molecule has 0 spiro atoms. The highest BCUT2D eigenvalue weighted by Gasteiger charge is 2.10. The highest BCUT2D eigenvalue weighted by Crippen LogP contribution is 2.34. The van der Waals surface area contributed by atoms with Crippen LogP contribution in [-0.4, -0.2) is 18.1 Å². The molecule has 0 saturated heterocycles. The van der Waals surface area contributed by atoms with E-state index in [2.05, 4.69) is 16.7 Å². The van der Waals surface area contributed by atoms with Gasteiger partial charge in [-0.05, 0) is 60.7 Å². The number of halogens is 2. The standard InChI is InChI=1S/C21H18Cl2N4.C2H6/c22-13-1-4-15(5-2-13)26-16-6-8-20-18(12-16)21(25-10-9-24)17-11-14(23)3-7-19(17)27-20;1-2/h1-8,11-12,26H,9-10,24H2,(H,25,27);1-2H3. The lowest BCUT2D eigenvalue weighted by atomic mass is 10.1. The number of hydrogen-bond donors (Lipinski definition) is 3. The monoisotopic (exact) mass is 426 g/mol. The quantitative estimate of drug-likeness (QED) is 0.305. The number of fused-ring (bicyclic) bond motifs is 2. The van der Waals surface area contributed by atoms with Crippen molar-refractivity contribution in [2.24, 2.45) is 5.73 Å². The van der Waals surface area contributed by atoms with Gasteiger partial charge in [-0.1, -0.05) is 37.0 Å². The highest BCUT2D eigenvalue weighted by atomic mass is 35.5. The second-order valence-electron chi connectivity index (χ2n) is 6.23. The summed E-state index contributed by atoms with van der Waals surface area (Å²) < 4.78 is 0. The van der Waals surface area contributed by atoms with Crippen LogP contribution in [0.15, 0.2) is 60.7 Å². The third-order valence-corrected chi connectivity index (χ3v) is 4.80. The van der Waals surface area contributed by atoms with Gasteiger partial charge in [-0.2, -0.15) is 0 Å². The van der Waals surface area contributed by atoms with Crippen LogP contribution in [0.1, 0.15) is 13.8 Å². The van der Waals surface area contributed by atoms with E-state index in [0.717, 1.165) is 38.9 Å². The lowest BCUT2D eigenvalue weighted by Crippen LogP contribution is -2.13. The van der Waals surface area contributed by atoms with Crippen LogP contribution in [0.5, 0.6) is 0 Å². The Balaban J connectivity index is 0.00000117. The minimum absolute atomic E-state index is 0.536. The number of rotatable bonds is 5. The SMILES string of the molecule is CC.NCCNc1c2cc(Cl)ccc2nc2ccc(Nc3ccc(Cl)cc3)cc12. The average Bonchev–Trinajstić information content (AvgIpc) is 2.75. The molecule has 150 valence electrons. The molecule has 3 aromatic carbocycles. The molecule has 0 aliphatic carbocycles. The summed E-state index contributed by atoms with van der Waals surface area (Å²) in [6.07, 6.45) is 0. The summed E-state index contributed by atoms with van der Waals surface area (Å²) in [5.41, 5.74) is 10.4. The molecule has 0 saturated carbocycles. The molecule has 4 N–H and O–H groups in total. The number of nitrogens with zero attached hydrogens (tertiary/aromatic N) is 1. The molecule has 4 rings (SSSR count). The Bertz CT molecular complexity index is 1110. The summed E-state index contributed by atoms with van der Waals surface area (Å²) in [6, 6.07) is 19.4. The first kappa shape index (κ1) is 21.2. The van der Waals surface area contributed by atoms with Gasteiger partial charge in [-0.15, -0.1) is 0 Å². The zero-order valence-electron chi connectivity index (χ0n) is 16.5. The first-order chi connectivity index (χ1) is 14.1. The first-order valence-corrected chi connectivity index (χ1v) is 10.4. The molecule has 0 aliphatic rings. The number of aromatic nitrogens is 1. The van der Waals surface area contributed by atoms with Gasteiger partial charge in [0.25, 0.3) is 0 Å². The van der Waals surface area contributed by atoms with Crippen LogP contribution >= 0.6 is 23.2 Å². The van der Waals surface area contributed by atoms with Gasteiger partial charge in [0.05, 0.1) is 16.7 Å². The molecule has 6 heteroatoms. The van der Waals surface area contributed by atoms with Crippen molar-refractivity contribution in [1.82, 2.24) is 4.98 Å². The van der Waals surface area contributed by atoms with Crippen LogP contribution < -0.4 is 16.4 Å². The van der Waals surface area contributed by atoms with E-state index in [4.69, 9.17) is 33.9 Å². The molecule has 0 radical (unpaired) electrons.